The summed E-state index contributed by atoms with van der Waals surface area (Å²) in [6.07, 6.45) is -0.860. The molecule has 3 rings (SSSR count). The van der Waals surface area contributed by atoms with Gasteiger partial charge in [-0.25, -0.2) is 0 Å². The van der Waals surface area contributed by atoms with Crippen molar-refractivity contribution in [3.8, 4) is 17.6 Å². The van der Waals surface area contributed by atoms with E-state index in [0.717, 1.165) is 37.6 Å². The standard InChI is InChI=1S/C21H23NO4/c23-13-16-26-20-8-4-18(5-9-20)21(24)10-3-17-1-6-19(7-2-17)22-11-14-25-15-12-22/h1-2,4-9,21,23-24H,11-16H2. The highest BCUT2D eigenvalue weighted by molar-refractivity contribution is 5.51. The molecule has 1 saturated heterocycles. The van der Waals surface area contributed by atoms with Crippen molar-refractivity contribution in [2.45, 2.75) is 6.10 Å². The molecule has 1 unspecified atom stereocenters. The molecule has 0 aliphatic carbocycles. The van der Waals surface area contributed by atoms with Crippen molar-refractivity contribution < 1.29 is 19.7 Å². The Morgan fingerprint density at radius 2 is 1.73 bits per heavy atom. The van der Waals surface area contributed by atoms with Gasteiger partial charge in [-0.05, 0) is 42.0 Å². The van der Waals surface area contributed by atoms with Gasteiger partial charge in [0.25, 0.3) is 0 Å². The number of nitrogens with zero attached hydrogens (tertiary/aromatic N) is 1. The smallest absolute Gasteiger partial charge is 0.140 e. The number of hydrogen-bond donors (Lipinski definition) is 2. The minimum atomic E-state index is -0.860. The van der Waals surface area contributed by atoms with E-state index in [-0.39, 0.29) is 13.2 Å². The molecule has 2 N–H and O–H groups in total. The predicted octanol–water partition coefficient (Wildman–Crippen LogP) is 1.98. The first-order chi connectivity index (χ1) is 12.8. The Hall–Kier alpha value is -2.52. The third-order valence-corrected chi connectivity index (χ3v) is 4.15. The van der Waals surface area contributed by atoms with Gasteiger partial charge in [0.15, 0.2) is 0 Å². The molecule has 0 spiro atoms. The van der Waals surface area contributed by atoms with Crippen LogP contribution in [0.5, 0.6) is 5.75 Å². The van der Waals surface area contributed by atoms with E-state index in [0.29, 0.717) is 11.3 Å². The van der Waals surface area contributed by atoms with Crippen LogP contribution in [-0.4, -0.2) is 49.7 Å². The maximum absolute atomic E-state index is 10.2. The number of ether oxygens (including phenoxy) is 2. The molecule has 1 fully saturated rings. The monoisotopic (exact) mass is 353 g/mol. The van der Waals surface area contributed by atoms with E-state index in [2.05, 4.69) is 28.9 Å². The van der Waals surface area contributed by atoms with Crippen molar-refractivity contribution >= 4 is 5.69 Å². The lowest BCUT2D eigenvalue weighted by molar-refractivity contribution is 0.122. The molecule has 5 heteroatoms. The second-order valence-electron chi connectivity index (χ2n) is 5.96. The van der Waals surface area contributed by atoms with E-state index in [1.165, 1.54) is 0 Å². The quantitative estimate of drug-likeness (QED) is 0.805. The fourth-order valence-corrected chi connectivity index (χ4v) is 2.72. The van der Waals surface area contributed by atoms with E-state index in [1.807, 2.05) is 12.1 Å². The van der Waals surface area contributed by atoms with Crippen LogP contribution in [0.3, 0.4) is 0 Å². The number of morpholine rings is 1. The molecule has 1 aliphatic rings. The Kier molecular flexibility index (Phi) is 6.50. The summed E-state index contributed by atoms with van der Waals surface area (Å²) >= 11 is 0. The molecule has 136 valence electrons. The van der Waals surface area contributed by atoms with Crippen molar-refractivity contribution in [2.75, 3.05) is 44.4 Å². The summed E-state index contributed by atoms with van der Waals surface area (Å²) in [6.45, 7) is 3.56. The summed E-state index contributed by atoms with van der Waals surface area (Å²) < 4.78 is 10.7. The number of benzene rings is 2. The zero-order chi connectivity index (χ0) is 18.2. The SMILES string of the molecule is OCCOc1ccc(C(O)C#Cc2ccc(N3CCOCC3)cc2)cc1. The van der Waals surface area contributed by atoms with Crippen molar-refractivity contribution in [1.82, 2.24) is 0 Å². The Balaban J connectivity index is 1.60. The largest absolute Gasteiger partial charge is 0.491 e. The number of anilines is 1. The summed E-state index contributed by atoms with van der Waals surface area (Å²) in [4.78, 5) is 2.29. The highest BCUT2D eigenvalue weighted by Gasteiger charge is 2.10. The molecule has 1 atom stereocenters. The van der Waals surface area contributed by atoms with Crippen LogP contribution >= 0.6 is 0 Å². The molecule has 26 heavy (non-hydrogen) atoms. The van der Waals surface area contributed by atoms with Crippen LogP contribution in [0.15, 0.2) is 48.5 Å². The molecule has 1 heterocycles. The van der Waals surface area contributed by atoms with Crippen LogP contribution in [0.4, 0.5) is 5.69 Å². The fourth-order valence-electron chi connectivity index (χ4n) is 2.72. The predicted molar refractivity (Wildman–Crippen MR) is 100 cm³/mol. The van der Waals surface area contributed by atoms with Gasteiger partial charge in [0.1, 0.15) is 18.5 Å². The van der Waals surface area contributed by atoms with Gasteiger partial charge in [-0.2, -0.15) is 0 Å². The summed E-state index contributed by atoms with van der Waals surface area (Å²) in [7, 11) is 0. The summed E-state index contributed by atoms with van der Waals surface area (Å²) in [5, 5.41) is 19.0. The zero-order valence-electron chi connectivity index (χ0n) is 14.6. The summed E-state index contributed by atoms with van der Waals surface area (Å²) in [5.41, 5.74) is 2.74. The highest BCUT2D eigenvalue weighted by Crippen LogP contribution is 2.19. The molecular weight excluding hydrogens is 330 g/mol. The van der Waals surface area contributed by atoms with Crippen molar-refractivity contribution in [3.05, 3.63) is 59.7 Å². The maximum Gasteiger partial charge on any atom is 0.140 e. The third kappa shape index (κ3) is 4.99. The Bertz CT molecular complexity index is 740. The van der Waals surface area contributed by atoms with Crippen molar-refractivity contribution in [2.24, 2.45) is 0 Å². The highest BCUT2D eigenvalue weighted by atomic mass is 16.5. The molecule has 0 radical (unpaired) electrons. The lowest BCUT2D eigenvalue weighted by Gasteiger charge is -2.28. The minimum absolute atomic E-state index is 0.0276. The van der Waals surface area contributed by atoms with Crippen molar-refractivity contribution in [3.63, 3.8) is 0 Å². The van der Waals surface area contributed by atoms with Gasteiger partial charge >= 0.3 is 0 Å². The number of hydrogen-bond acceptors (Lipinski definition) is 5. The first kappa shape index (κ1) is 18.3. The van der Waals surface area contributed by atoms with E-state index < -0.39 is 6.10 Å². The van der Waals surface area contributed by atoms with Gasteiger partial charge in [-0.3, -0.25) is 0 Å². The second-order valence-corrected chi connectivity index (χ2v) is 5.96. The Labute approximate surface area is 153 Å². The number of aliphatic hydroxyl groups excluding tert-OH is 2. The summed E-state index contributed by atoms with van der Waals surface area (Å²) in [5.74, 6) is 6.54. The average Bonchev–Trinajstić information content (AvgIpc) is 2.72. The first-order valence-corrected chi connectivity index (χ1v) is 8.72. The van der Waals surface area contributed by atoms with E-state index >= 15 is 0 Å². The molecule has 2 aromatic rings. The molecule has 2 aromatic carbocycles. The van der Waals surface area contributed by atoms with Crippen LogP contribution in [0.1, 0.15) is 17.2 Å². The second kappa shape index (κ2) is 9.25. The molecule has 0 amide bonds. The third-order valence-electron chi connectivity index (χ3n) is 4.15. The maximum atomic E-state index is 10.2. The van der Waals surface area contributed by atoms with Crippen LogP contribution in [0, 0.1) is 11.8 Å². The average molecular weight is 353 g/mol. The van der Waals surface area contributed by atoms with Crippen LogP contribution < -0.4 is 9.64 Å². The number of rotatable bonds is 5. The van der Waals surface area contributed by atoms with E-state index in [9.17, 15) is 5.11 Å². The van der Waals surface area contributed by atoms with Crippen LogP contribution in [0.25, 0.3) is 0 Å². The Morgan fingerprint density at radius 1 is 1.04 bits per heavy atom. The molecule has 0 aromatic heterocycles. The zero-order valence-corrected chi connectivity index (χ0v) is 14.6. The molecule has 5 nitrogen and oxygen atoms in total. The molecular formula is C21H23NO4. The lowest BCUT2D eigenvalue weighted by Crippen LogP contribution is -2.36. The fraction of sp³-hybridized carbons (Fsp3) is 0.333. The molecule has 0 bridgehead atoms. The van der Waals surface area contributed by atoms with Gasteiger partial charge in [-0.15, -0.1) is 0 Å². The minimum Gasteiger partial charge on any atom is -0.491 e. The van der Waals surface area contributed by atoms with Gasteiger partial charge in [0.05, 0.1) is 19.8 Å². The van der Waals surface area contributed by atoms with Gasteiger partial charge < -0.3 is 24.6 Å². The topological polar surface area (TPSA) is 62.2 Å². The van der Waals surface area contributed by atoms with Crippen molar-refractivity contribution in [1.29, 1.82) is 0 Å². The van der Waals surface area contributed by atoms with E-state index in [4.69, 9.17) is 14.6 Å². The number of aliphatic hydroxyl groups is 2. The first-order valence-electron chi connectivity index (χ1n) is 8.72. The van der Waals surface area contributed by atoms with E-state index in [1.54, 1.807) is 24.3 Å². The van der Waals surface area contributed by atoms with Gasteiger partial charge in [0, 0.05) is 24.3 Å². The normalized spacial score (nSPS) is 15.1. The Morgan fingerprint density at radius 3 is 2.38 bits per heavy atom. The summed E-state index contributed by atoms with van der Waals surface area (Å²) in [6, 6.07) is 15.1. The molecule has 1 aliphatic heterocycles. The van der Waals surface area contributed by atoms with Gasteiger partial charge in [0.2, 0.25) is 0 Å². The molecule has 0 saturated carbocycles. The van der Waals surface area contributed by atoms with Crippen LogP contribution in [0.2, 0.25) is 0 Å². The van der Waals surface area contributed by atoms with Crippen LogP contribution in [-0.2, 0) is 4.74 Å². The lowest BCUT2D eigenvalue weighted by atomic mass is 10.1. The van der Waals surface area contributed by atoms with Gasteiger partial charge in [-0.1, -0.05) is 24.0 Å².